The van der Waals surface area contributed by atoms with Crippen LogP contribution in [0.4, 0.5) is 5.69 Å². The van der Waals surface area contributed by atoms with Gasteiger partial charge >= 0.3 is 5.69 Å². The number of nitrogens with zero attached hydrogens (tertiary/aromatic N) is 1. The van der Waals surface area contributed by atoms with Crippen LogP contribution in [0.3, 0.4) is 0 Å². The number of H-pyrrole nitrogens is 1. The largest absolute Gasteiger partial charge is 0.496 e. The number of methoxy groups -OCH3 is 1. The van der Waals surface area contributed by atoms with Crippen molar-refractivity contribution in [2.75, 3.05) is 18.1 Å². The number of ether oxygens (including phenoxy) is 1. The van der Waals surface area contributed by atoms with Crippen LogP contribution in [-0.2, 0) is 15.4 Å². The van der Waals surface area contributed by atoms with Gasteiger partial charge in [0.15, 0.2) is 6.29 Å². The zero-order chi connectivity index (χ0) is 27.1. The summed E-state index contributed by atoms with van der Waals surface area (Å²) in [6.45, 7) is 3.27. The molecular weight excluding hydrogens is 498 g/mol. The van der Waals surface area contributed by atoms with E-state index in [0.717, 1.165) is 17.0 Å². The highest BCUT2D eigenvalue weighted by Crippen LogP contribution is 2.43. The molecule has 0 atom stereocenters. The number of nitrogens with one attached hydrogen (secondary N) is 2. The molecule has 4 aromatic rings. The van der Waals surface area contributed by atoms with E-state index in [1.807, 2.05) is 18.2 Å². The molecule has 11 heteroatoms. The molecule has 0 saturated carbocycles. The summed E-state index contributed by atoms with van der Waals surface area (Å²) < 4.78 is 32.6. The van der Waals surface area contributed by atoms with Gasteiger partial charge < -0.3 is 14.9 Å². The summed E-state index contributed by atoms with van der Waals surface area (Å²) in [6.07, 6.45) is 0.680. The summed E-state index contributed by atoms with van der Waals surface area (Å²) in [5.74, 6) is 0.383. The highest BCUT2D eigenvalue weighted by Gasteiger charge is 2.33. The van der Waals surface area contributed by atoms with Gasteiger partial charge in [-0.05, 0) is 46.7 Å². The van der Waals surface area contributed by atoms with E-state index in [9.17, 15) is 28.2 Å². The molecule has 0 unspecified atom stereocenters. The van der Waals surface area contributed by atoms with E-state index in [-0.39, 0.29) is 0 Å². The molecule has 194 valence electrons. The number of fused-ring (bicyclic) bond motifs is 1. The van der Waals surface area contributed by atoms with Gasteiger partial charge in [0.05, 0.1) is 19.1 Å². The van der Waals surface area contributed by atoms with Crippen LogP contribution in [-0.4, -0.2) is 47.8 Å². The van der Waals surface area contributed by atoms with Crippen molar-refractivity contribution in [2.45, 2.75) is 25.6 Å². The molecule has 1 aromatic heterocycles. The average molecular weight is 526 g/mol. The zero-order valence-electron chi connectivity index (χ0n) is 20.6. The van der Waals surface area contributed by atoms with E-state index >= 15 is 0 Å². The van der Waals surface area contributed by atoms with Gasteiger partial charge in [0, 0.05) is 34.5 Å². The molecule has 0 fully saturated rings. The fraction of sp³-hybridized carbons (Fsp3) is 0.231. The lowest BCUT2D eigenvalue weighted by atomic mass is 9.81. The second-order valence-corrected chi connectivity index (χ2v) is 11.0. The standard InChI is InChI=1S/C26H27N3O7S/c1-26(2,24(31)32)21-14-19(29-10-9-22(30)27-25(29)33)13-20(23(21)36-3)17-6-5-16-12-18(28-37(4,34)35)8-7-15(16)11-17/h5-14,24,28,31-32H,1-4H3,(H,27,30,33). The number of aliphatic hydroxyl groups excluding tert-OH is 1. The number of aliphatic hydroxyl groups is 2. The van der Waals surface area contributed by atoms with Crippen molar-refractivity contribution in [3.05, 3.63) is 87.2 Å². The average Bonchev–Trinajstić information content (AvgIpc) is 2.81. The molecule has 0 radical (unpaired) electrons. The quantitative estimate of drug-likeness (QED) is 0.270. The first kappa shape index (κ1) is 26.1. The van der Waals surface area contributed by atoms with E-state index in [2.05, 4.69) is 9.71 Å². The Morgan fingerprint density at radius 3 is 2.30 bits per heavy atom. The van der Waals surface area contributed by atoms with Crippen LogP contribution in [0.5, 0.6) is 5.75 Å². The van der Waals surface area contributed by atoms with Crippen LogP contribution in [0, 0.1) is 0 Å². The smallest absolute Gasteiger partial charge is 0.332 e. The highest BCUT2D eigenvalue weighted by molar-refractivity contribution is 7.92. The lowest BCUT2D eigenvalue weighted by Gasteiger charge is -2.30. The normalized spacial score (nSPS) is 12.2. The summed E-state index contributed by atoms with van der Waals surface area (Å²) in [6, 6.07) is 15.2. The number of aromatic amines is 1. The van der Waals surface area contributed by atoms with E-state index in [4.69, 9.17) is 4.74 Å². The van der Waals surface area contributed by atoms with Gasteiger partial charge in [-0.15, -0.1) is 0 Å². The van der Waals surface area contributed by atoms with E-state index < -0.39 is 33.0 Å². The van der Waals surface area contributed by atoms with Gasteiger partial charge in [0.25, 0.3) is 5.56 Å². The molecule has 0 saturated heterocycles. The minimum atomic E-state index is -3.43. The lowest BCUT2D eigenvalue weighted by molar-refractivity contribution is -0.0895. The van der Waals surface area contributed by atoms with Crippen molar-refractivity contribution in [3.63, 3.8) is 0 Å². The van der Waals surface area contributed by atoms with Gasteiger partial charge in [-0.2, -0.15) is 0 Å². The van der Waals surface area contributed by atoms with Crippen LogP contribution in [0.2, 0.25) is 0 Å². The first-order chi connectivity index (χ1) is 17.3. The molecule has 0 spiro atoms. The maximum absolute atomic E-state index is 12.6. The van der Waals surface area contributed by atoms with Crippen LogP contribution < -0.4 is 20.7 Å². The molecule has 4 N–H and O–H groups in total. The van der Waals surface area contributed by atoms with Gasteiger partial charge in [-0.1, -0.05) is 32.0 Å². The van der Waals surface area contributed by atoms with Crippen molar-refractivity contribution >= 4 is 26.5 Å². The Labute approximate surface area is 212 Å². The Morgan fingerprint density at radius 2 is 1.68 bits per heavy atom. The van der Waals surface area contributed by atoms with Gasteiger partial charge in [-0.25, -0.2) is 13.2 Å². The third-order valence-corrected chi connectivity index (χ3v) is 6.78. The minimum Gasteiger partial charge on any atom is -0.496 e. The second kappa shape index (κ2) is 9.51. The number of benzene rings is 3. The summed E-state index contributed by atoms with van der Waals surface area (Å²) in [5.41, 5.74) is 0.143. The first-order valence-corrected chi connectivity index (χ1v) is 13.1. The molecule has 37 heavy (non-hydrogen) atoms. The van der Waals surface area contributed by atoms with E-state index in [1.54, 1.807) is 44.2 Å². The molecule has 0 bridgehead atoms. The Morgan fingerprint density at radius 1 is 1.00 bits per heavy atom. The molecule has 1 heterocycles. The van der Waals surface area contributed by atoms with Gasteiger partial charge in [0.2, 0.25) is 10.0 Å². The van der Waals surface area contributed by atoms with Crippen LogP contribution in [0.15, 0.2) is 70.4 Å². The van der Waals surface area contributed by atoms with Crippen LogP contribution in [0.25, 0.3) is 27.6 Å². The number of rotatable bonds is 7. The molecule has 0 amide bonds. The Kier molecular flexibility index (Phi) is 6.72. The van der Waals surface area contributed by atoms with Crippen molar-refractivity contribution in [2.24, 2.45) is 0 Å². The van der Waals surface area contributed by atoms with E-state index in [1.165, 1.54) is 23.9 Å². The maximum Gasteiger partial charge on any atom is 0.332 e. The molecule has 4 rings (SSSR count). The van der Waals surface area contributed by atoms with E-state index in [0.29, 0.717) is 33.8 Å². The SMILES string of the molecule is COc1c(-c2ccc3cc(NS(C)(=O)=O)ccc3c2)cc(-n2ccc(=O)[nH]c2=O)cc1C(C)(C)C(O)O. The lowest BCUT2D eigenvalue weighted by Crippen LogP contribution is -2.34. The fourth-order valence-corrected chi connectivity index (χ4v) is 4.67. The van der Waals surface area contributed by atoms with Crippen molar-refractivity contribution in [3.8, 4) is 22.6 Å². The first-order valence-electron chi connectivity index (χ1n) is 11.2. The molecule has 3 aromatic carbocycles. The molecule has 10 nitrogen and oxygen atoms in total. The van der Waals surface area contributed by atoms with Crippen molar-refractivity contribution in [1.29, 1.82) is 0 Å². The summed E-state index contributed by atoms with van der Waals surface area (Å²) in [7, 11) is -1.96. The Bertz CT molecular complexity index is 1720. The van der Waals surface area contributed by atoms with Gasteiger partial charge in [-0.3, -0.25) is 19.1 Å². The summed E-state index contributed by atoms with van der Waals surface area (Å²) in [5, 5.41) is 21.9. The Balaban J connectivity index is 1.97. The fourth-order valence-electron chi connectivity index (χ4n) is 4.12. The summed E-state index contributed by atoms with van der Waals surface area (Å²) in [4.78, 5) is 26.4. The van der Waals surface area contributed by atoms with Crippen LogP contribution >= 0.6 is 0 Å². The number of hydrogen-bond donors (Lipinski definition) is 4. The zero-order valence-corrected chi connectivity index (χ0v) is 21.5. The predicted molar refractivity (Wildman–Crippen MR) is 142 cm³/mol. The monoisotopic (exact) mass is 525 g/mol. The third-order valence-electron chi connectivity index (χ3n) is 6.17. The molecule has 0 aliphatic carbocycles. The topological polar surface area (TPSA) is 151 Å². The number of anilines is 1. The number of hydrogen-bond acceptors (Lipinski definition) is 7. The molecule has 0 aliphatic rings. The highest BCUT2D eigenvalue weighted by atomic mass is 32.2. The summed E-state index contributed by atoms with van der Waals surface area (Å²) >= 11 is 0. The third kappa shape index (κ3) is 5.29. The van der Waals surface area contributed by atoms with Crippen LogP contribution in [0.1, 0.15) is 19.4 Å². The van der Waals surface area contributed by atoms with Gasteiger partial charge in [0.1, 0.15) is 5.75 Å². The number of sulfonamides is 1. The molecular formula is C26H27N3O7S. The predicted octanol–water partition coefficient (Wildman–Crippen LogP) is 2.31. The molecule has 0 aliphatic heterocycles. The number of aromatic nitrogens is 2. The van der Waals surface area contributed by atoms with Crippen molar-refractivity contribution < 1.29 is 23.4 Å². The maximum atomic E-state index is 12.6. The van der Waals surface area contributed by atoms with Crippen molar-refractivity contribution in [1.82, 2.24) is 9.55 Å². The minimum absolute atomic E-state index is 0.383. The Hall–Kier alpha value is -3.93. The second-order valence-electron chi connectivity index (χ2n) is 9.30.